The van der Waals surface area contributed by atoms with E-state index in [0.29, 0.717) is 11.1 Å². The molecule has 0 aliphatic carbocycles. The summed E-state index contributed by atoms with van der Waals surface area (Å²) in [5, 5.41) is 9.22. The van der Waals surface area contributed by atoms with Gasteiger partial charge in [0, 0.05) is 43.1 Å². The molecular formula is C22H24ClN3O2. The molecule has 0 amide bonds. The summed E-state index contributed by atoms with van der Waals surface area (Å²) < 4.78 is 12.6. The summed E-state index contributed by atoms with van der Waals surface area (Å²) in [6, 6.07) is 16.2. The molecule has 2 aromatic carbocycles. The quantitative estimate of drug-likeness (QED) is 0.666. The molecule has 28 heavy (non-hydrogen) atoms. The third-order valence-corrected chi connectivity index (χ3v) is 5.39. The van der Waals surface area contributed by atoms with Gasteiger partial charge in [0.1, 0.15) is 5.75 Å². The predicted octanol–water partition coefficient (Wildman–Crippen LogP) is 4.47. The van der Waals surface area contributed by atoms with Gasteiger partial charge in [0.2, 0.25) is 0 Å². The molecule has 5 nitrogen and oxygen atoms in total. The van der Waals surface area contributed by atoms with Crippen molar-refractivity contribution in [2.45, 2.75) is 25.4 Å². The van der Waals surface area contributed by atoms with E-state index in [1.807, 2.05) is 53.2 Å². The Balaban J connectivity index is 1.65. The van der Waals surface area contributed by atoms with E-state index in [1.165, 1.54) is 0 Å². The Hall–Kier alpha value is -2.34. The lowest BCUT2D eigenvalue weighted by atomic mass is 10.1. The fourth-order valence-electron chi connectivity index (χ4n) is 3.44. The topological polar surface area (TPSA) is 48.3 Å². The van der Waals surface area contributed by atoms with Gasteiger partial charge >= 0.3 is 0 Å². The SMILES string of the molecule is COc1ccc(-n2cc(CNC3CCOCC3)c(-c3ccccc3Cl)n2)cc1. The normalized spacial score (nSPS) is 14.9. The van der Waals surface area contributed by atoms with Gasteiger partial charge < -0.3 is 14.8 Å². The lowest BCUT2D eigenvalue weighted by Gasteiger charge is -2.23. The van der Waals surface area contributed by atoms with Crippen molar-refractivity contribution in [3.05, 3.63) is 65.3 Å². The minimum absolute atomic E-state index is 0.470. The molecular weight excluding hydrogens is 374 g/mol. The summed E-state index contributed by atoms with van der Waals surface area (Å²) in [5.74, 6) is 0.823. The number of halogens is 1. The summed E-state index contributed by atoms with van der Waals surface area (Å²) >= 11 is 6.47. The maximum absolute atomic E-state index is 6.47. The number of rotatable bonds is 6. The number of nitrogens with zero attached hydrogens (tertiary/aromatic N) is 2. The third-order valence-electron chi connectivity index (χ3n) is 5.06. The van der Waals surface area contributed by atoms with E-state index >= 15 is 0 Å². The van der Waals surface area contributed by atoms with Crippen LogP contribution >= 0.6 is 11.6 Å². The van der Waals surface area contributed by atoms with Gasteiger partial charge in [-0.1, -0.05) is 29.8 Å². The number of methoxy groups -OCH3 is 1. The van der Waals surface area contributed by atoms with Crippen LogP contribution in [-0.4, -0.2) is 36.1 Å². The predicted molar refractivity (Wildman–Crippen MR) is 111 cm³/mol. The van der Waals surface area contributed by atoms with Crippen LogP contribution in [0.3, 0.4) is 0 Å². The summed E-state index contributed by atoms with van der Waals surface area (Å²) in [6.45, 7) is 2.38. The minimum Gasteiger partial charge on any atom is -0.497 e. The molecule has 1 fully saturated rings. The second-order valence-corrected chi connectivity index (χ2v) is 7.30. The van der Waals surface area contributed by atoms with E-state index in [1.54, 1.807) is 7.11 Å². The lowest BCUT2D eigenvalue weighted by Crippen LogP contribution is -2.34. The molecule has 1 aromatic heterocycles. The average Bonchev–Trinajstić information content (AvgIpc) is 3.17. The summed E-state index contributed by atoms with van der Waals surface area (Å²) in [5.41, 5.74) is 3.95. The fourth-order valence-corrected chi connectivity index (χ4v) is 3.67. The zero-order valence-electron chi connectivity index (χ0n) is 15.9. The van der Waals surface area contributed by atoms with Crippen molar-refractivity contribution in [1.29, 1.82) is 0 Å². The second kappa shape index (κ2) is 8.78. The van der Waals surface area contributed by atoms with Crippen molar-refractivity contribution in [1.82, 2.24) is 15.1 Å². The highest BCUT2D eigenvalue weighted by atomic mass is 35.5. The van der Waals surface area contributed by atoms with Crippen LogP contribution < -0.4 is 10.1 Å². The Kier molecular flexibility index (Phi) is 5.95. The van der Waals surface area contributed by atoms with Crippen LogP contribution in [0.1, 0.15) is 18.4 Å². The Morgan fingerprint density at radius 3 is 2.61 bits per heavy atom. The number of ether oxygens (including phenoxy) is 2. The number of nitrogens with one attached hydrogen (secondary N) is 1. The van der Waals surface area contributed by atoms with Crippen molar-refractivity contribution in [3.8, 4) is 22.7 Å². The molecule has 0 atom stereocenters. The second-order valence-electron chi connectivity index (χ2n) is 6.89. The van der Waals surface area contributed by atoms with Crippen molar-refractivity contribution in [2.24, 2.45) is 0 Å². The molecule has 1 aliphatic rings. The zero-order valence-corrected chi connectivity index (χ0v) is 16.7. The number of hydrogen-bond donors (Lipinski definition) is 1. The summed E-state index contributed by atoms with van der Waals surface area (Å²) in [4.78, 5) is 0. The van der Waals surface area contributed by atoms with Crippen LogP contribution in [-0.2, 0) is 11.3 Å². The monoisotopic (exact) mass is 397 g/mol. The molecule has 146 valence electrons. The van der Waals surface area contributed by atoms with Crippen molar-refractivity contribution >= 4 is 11.6 Å². The van der Waals surface area contributed by atoms with Crippen LogP contribution in [0.4, 0.5) is 0 Å². The van der Waals surface area contributed by atoms with Crippen LogP contribution in [0.5, 0.6) is 5.75 Å². The maximum Gasteiger partial charge on any atom is 0.119 e. The van der Waals surface area contributed by atoms with Gasteiger partial charge in [-0.3, -0.25) is 0 Å². The molecule has 6 heteroatoms. The number of hydrogen-bond acceptors (Lipinski definition) is 4. The van der Waals surface area contributed by atoms with E-state index < -0.39 is 0 Å². The summed E-state index contributed by atoms with van der Waals surface area (Å²) in [6.07, 6.45) is 4.15. The maximum atomic E-state index is 6.47. The number of aromatic nitrogens is 2. The summed E-state index contributed by atoms with van der Waals surface area (Å²) in [7, 11) is 1.67. The molecule has 0 radical (unpaired) electrons. The van der Waals surface area contributed by atoms with Crippen molar-refractivity contribution < 1.29 is 9.47 Å². The van der Waals surface area contributed by atoms with Crippen LogP contribution in [0, 0.1) is 0 Å². The fraction of sp³-hybridized carbons (Fsp3) is 0.318. The van der Waals surface area contributed by atoms with Gasteiger partial charge in [0.15, 0.2) is 0 Å². The van der Waals surface area contributed by atoms with E-state index in [0.717, 1.165) is 60.9 Å². The van der Waals surface area contributed by atoms with Crippen LogP contribution in [0.2, 0.25) is 5.02 Å². The molecule has 0 spiro atoms. The smallest absolute Gasteiger partial charge is 0.119 e. The standard InChI is InChI=1S/C22H24ClN3O2/c1-27-19-8-6-18(7-9-19)26-15-16(14-24-17-10-12-28-13-11-17)22(25-26)20-4-2-3-5-21(20)23/h2-9,15,17,24H,10-14H2,1H3. The van der Waals surface area contributed by atoms with Crippen molar-refractivity contribution in [2.75, 3.05) is 20.3 Å². The molecule has 1 aliphatic heterocycles. The van der Waals surface area contributed by atoms with Gasteiger partial charge in [-0.2, -0.15) is 5.10 Å². The van der Waals surface area contributed by atoms with Gasteiger partial charge in [-0.05, 0) is 43.2 Å². The lowest BCUT2D eigenvalue weighted by molar-refractivity contribution is 0.0776. The van der Waals surface area contributed by atoms with Crippen LogP contribution in [0.15, 0.2) is 54.7 Å². The third kappa shape index (κ3) is 4.22. The van der Waals surface area contributed by atoms with E-state index in [9.17, 15) is 0 Å². The molecule has 3 aromatic rings. The van der Waals surface area contributed by atoms with Gasteiger partial charge in [0.05, 0.1) is 23.5 Å². The minimum atomic E-state index is 0.470. The van der Waals surface area contributed by atoms with E-state index in [4.69, 9.17) is 26.2 Å². The molecule has 0 bridgehead atoms. The van der Waals surface area contributed by atoms with E-state index in [2.05, 4.69) is 11.5 Å². The molecule has 4 rings (SSSR count). The number of benzene rings is 2. The highest BCUT2D eigenvalue weighted by Gasteiger charge is 2.18. The van der Waals surface area contributed by atoms with Crippen LogP contribution in [0.25, 0.3) is 16.9 Å². The van der Waals surface area contributed by atoms with Gasteiger partial charge in [-0.25, -0.2) is 4.68 Å². The van der Waals surface area contributed by atoms with Gasteiger partial charge in [0.25, 0.3) is 0 Å². The Bertz CT molecular complexity index is 918. The average molecular weight is 398 g/mol. The van der Waals surface area contributed by atoms with E-state index in [-0.39, 0.29) is 0 Å². The van der Waals surface area contributed by atoms with Crippen molar-refractivity contribution in [3.63, 3.8) is 0 Å². The highest BCUT2D eigenvalue weighted by molar-refractivity contribution is 6.33. The molecule has 0 unspecified atom stereocenters. The largest absolute Gasteiger partial charge is 0.497 e. The Labute approximate surface area is 170 Å². The first-order valence-electron chi connectivity index (χ1n) is 9.53. The molecule has 1 saturated heterocycles. The molecule has 0 saturated carbocycles. The molecule has 1 N–H and O–H groups in total. The Morgan fingerprint density at radius 1 is 1.14 bits per heavy atom. The first kappa shape index (κ1) is 19.0. The zero-order chi connectivity index (χ0) is 19.3. The first-order chi connectivity index (χ1) is 13.7. The first-order valence-corrected chi connectivity index (χ1v) is 9.91. The Morgan fingerprint density at radius 2 is 1.89 bits per heavy atom. The highest BCUT2D eigenvalue weighted by Crippen LogP contribution is 2.30. The van der Waals surface area contributed by atoms with Gasteiger partial charge in [-0.15, -0.1) is 0 Å². The molecule has 2 heterocycles.